The number of hydrogen-bond donors (Lipinski definition) is 1. The van der Waals surface area contributed by atoms with Crippen LogP contribution < -0.4 is 0 Å². The van der Waals surface area contributed by atoms with E-state index in [0.29, 0.717) is 19.8 Å². The van der Waals surface area contributed by atoms with Crippen LogP contribution in [0.2, 0.25) is 5.02 Å². The third-order valence-corrected chi connectivity index (χ3v) is 4.01. The zero-order valence-electron chi connectivity index (χ0n) is 11.1. The molecule has 1 aromatic carbocycles. The molecule has 1 saturated heterocycles. The highest BCUT2D eigenvalue weighted by Crippen LogP contribution is 2.22. The first kappa shape index (κ1) is 14.3. The number of carboxylic acid groups (broad SMARTS) is 1. The van der Waals surface area contributed by atoms with Crippen LogP contribution in [0.3, 0.4) is 0 Å². The maximum Gasteiger partial charge on any atom is 0.310 e. The number of rotatable bonds is 4. The fraction of sp³-hybridized carbons (Fsp3) is 0.500. The predicted molar refractivity (Wildman–Crippen MR) is 73.4 cm³/mol. The van der Waals surface area contributed by atoms with Gasteiger partial charge in [0.1, 0.15) is 0 Å². The lowest BCUT2D eigenvalue weighted by Gasteiger charge is -2.26. The van der Waals surface area contributed by atoms with Crippen LogP contribution in [0.25, 0.3) is 0 Å². The first-order chi connectivity index (χ1) is 8.99. The lowest BCUT2D eigenvalue weighted by molar-refractivity contribution is -0.143. The second kappa shape index (κ2) is 5.90. The van der Waals surface area contributed by atoms with Crippen LogP contribution in [-0.4, -0.2) is 42.3 Å². The van der Waals surface area contributed by atoms with Crippen molar-refractivity contribution in [2.75, 3.05) is 20.3 Å². The summed E-state index contributed by atoms with van der Waals surface area (Å²) in [4.78, 5) is 13.2. The van der Waals surface area contributed by atoms with Gasteiger partial charge >= 0.3 is 5.97 Å². The minimum atomic E-state index is -0.795. The molecule has 2 atom stereocenters. The number of likely N-dealkylation sites (N-methyl/N-ethyl adjacent to an activating group) is 1. The minimum Gasteiger partial charge on any atom is -0.481 e. The number of benzene rings is 1. The van der Waals surface area contributed by atoms with Gasteiger partial charge in [0, 0.05) is 17.6 Å². The van der Waals surface area contributed by atoms with E-state index in [4.69, 9.17) is 21.4 Å². The van der Waals surface area contributed by atoms with E-state index < -0.39 is 11.9 Å². The molecule has 19 heavy (non-hydrogen) atoms. The summed E-state index contributed by atoms with van der Waals surface area (Å²) < 4.78 is 5.28. The molecule has 1 aliphatic rings. The third-order valence-electron chi connectivity index (χ3n) is 3.60. The molecule has 2 unspecified atom stereocenters. The van der Waals surface area contributed by atoms with Crippen molar-refractivity contribution in [2.24, 2.45) is 5.92 Å². The molecular formula is C14H18ClNO3. The SMILES string of the molecule is Cc1ccc(CN(C)C2COCC2C(=O)O)cc1Cl. The van der Waals surface area contributed by atoms with Gasteiger partial charge in [-0.05, 0) is 31.2 Å². The van der Waals surface area contributed by atoms with Crippen molar-refractivity contribution < 1.29 is 14.6 Å². The average molecular weight is 284 g/mol. The molecule has 0 saturated carbocycles. The minimum absolute atomic E-state index is 0.0856. The fourth-order valence-electron chi connectivity index (χ4n) is 2.35. The molecule has 0 radical (unpaired) electrons. The van der Waals surface area contributed by atoms with Crippen LogP contribution in [-0.2, 0) is 16.1 Å². The van der Waals surface area contributed by atoms with Gasteiger partial charge < -0.3 is 9.84 Å². The zero-order chi connectivity index (χ0) is 14.0. The molecule has 0 amide bonds. The Morgan fingerprint density at radius 3 is 2.89 bits per heavy atom. The van der Waals surface area contributed by atoms with Crippen LogP contribution in [0.1, 0.15) is 11.1 Å². The molecule has 5 heteroatoms. The lowest BCUT2D eigenvalue weighted by Crippen LogP contribution is -2.40. The van der Waals surface area contributed by atoms with Gasteiger partial charge in [-0.3, -0.25) is 9.69 Å². The molecule has 1 aliphatic heterocycles. The van der Waals surface area contributed by atoms with E-state index in [9.17, 15) is 4.79 Å². The number of aryl methyl sites for hydroxylation is 1. The Kier molecular flexibility index (Phi) is 4.45. The van der Waals surface area contributed by atoms with Gasteiger partial charge in [0.05, 0.1) is 19.1 Å². The van der Waals surface area contributed by atoms with Crippen molar-refractivity contribution >= 4 is 17.6 Å². The van der Waals surface area contributed by atoms with E-state index in [-0.39, 0.29) is 6.04 Å². The molecule has 0 aliphatic carbocycles. The molecule has 0 spiro atoms. The summed E-state index contributed by atoms with van der Waals surface area (Å²) >= 11 is 6.10. The second-order valence-electron chi connectivity index (χ2n) is 5.05. The van der Waals surface area contributed by atoms with Gasteiger partial charge in [-0.15, -0.1) is 0 Å². The number of carbonyl (C=O) groups is 1. The standard InChI is InChI=1S/C14H18ClNO3/c1-9-3-4-10(5-12(9)15)6-16(2)13-8-19-7-11(13)14(17)18/h3-5,11,13H,6-8H2,1-2H3,(H,17,18). The maximum absolute atomic E-state index is 11.1. The predicted octanol–water partition coefficient (Wildman–Crippen LogP) is 2.18. The van der Waals surface area contributed by atoms with Gasteiger partial charge in [0.2, 0.25) is 0 Å². The van der Waals surface area contributed by atoms with E-state index in [0.717, 1.165) is 16.1 Å². The normalized spacial score (nSPS) is 22.9. The summed E-state index contributed by atoms with van der Waals surface area (Å²) in [6.45, 7) is 3.38. The van der Waals surface area contributed by atoms with E-state index in [1.165, 1.54) is 0 Å². The van der Waals surface area contributed by atoms with Crippen molar-refractivity contribution in [1.82, 2.24) is 4.90 Å². The summed E-state index contributed by atoms with van der Waals surface area (Å²) in [7, 11) is 1.92. The van der Waals surface area contributed by atoms with E-state index in [1.807, 2.05) is 37.1 Å². The highest BCUT2D eigenvalue weighted by Gasteiger charge is 2.36. The van der Waals surface area contributed by atoms with Gasteiger partial charge in [-0.1, -0.05) is 23.7 Å². The number of halogens is 1. The van der Waals surface area contributed by atoms with Crippen molar-refractivity contribution in [3.63, 3.8) is 0 Å². The highest BCUT2D eigenvalue weighted by atomic mass is 35.5. The second-order valence-corrected chi connectivity index (χ2v) is 5.46. The Labute approximate surface area is 117 Å². The van der Waals surface area contributed by atoms with E-state index >= 15 is 0 Å². The van der Waals surface area contributed by atoms with Crippen molar-refractivity contribution in [2.45, 2.75) is 19.5 Å². The lowest BCUT2D eigenvalue weighted by atomic mass is 10.0. The fourth-order valence-corrected chi connectivity index (χ4v) is 2.56. The van der Waals surface area contributed by atoms with Gasteiger partial charge in [-0.25, -0.2) is 0 Å². The van der Waals surface area contributed by atoms with Crippen molar-refractivity contribution in [3.05, 3.63) is 34.3 Å². The van der Waals surface area contributed by atoms with Gasteiger partial charge in [0.15, 0.2) is 0 Å². The smallest absolute Gasteiger partial charge is 0.310 e. The largest absolute Gasteiger partial charge is 0.481 e. The van der Waals surface area contributed by atoms with Crippen LogP contribution >= 0.6 is 11.6 Å². The number of hydrogen-bond acceptors (Lipinski definition) is 3. The van der Waals surface area contributed by atoms with Crippen LogP contribution in [0, 0.1) is 12.8 Å². The van der Waals surface area contributed by atoms with Crippen LogP contribution in [0.5, 0.6) is 0 Å². The number of carboxylic acids is 1. The van der Waals surface area contributed by atoms with E-state index in [1.54, 1.807) is 0 Å². The Bertz CT molecular complexity index is 478. The number of aliphatic carboxylic acids is 1. The molecule has 1 fully saturated rings. The highest BCUT2D eigenvalue weighted by molar-refractivity contribution is 6.31. The topological polar surface area (TPSA) is 49.8 Å². The Morgan fingerprint density at radius 1 is 1.53 bits per heavy atom. The quantitative estimate of drug-likeness (QED) is 0.920. The summed E-state index contributed by atoms with van der Waals surface area (Å²) in [6.07, 6.45) is 0. The number of ether oxygens (including phenoxy) is 1. The summed E-state index contributed by atoms with van der Waals surface area (Å²) in [5.41, 5.74) is 2.12. The van der Waals surface area contributed by atoms with Crippen molar-refractivity contribution in [3.8, 4) is 0 Å². The Morgan fingerprint density at radius 2 is 2.26 bits per heavy atom. The molecule has 1 heterocycles. The van der Waals surface area contributed by atoms with Crippen molar-refractivity contribution in [1.29, 1.82) is 0 Å². The Balaban J connectivity index is 2.05. The zero-order valence-corrected chi connectivity index (χ0v) is 11.9. The molecule has 2 rings (SSSR count). The van der Waals surface area contributed by atoms with Crippen LogP contribution in [0.15, 0.2) is 18.2 Å². The molecule has 1 aromatic rings. The molecule has 4 nitrogen and oxygen atoms in total. The average Bonchev–Trinajstić information content (AvgIpc) is 2.83. The van der Waals surface area contributed by atoms with Gasteiger partial charge in [-0.2, -0.15) is 0 Å². The monoisotopic (exact) mass is 283 g/mol. The summed E-state index contributed by atoms with van der Waals surface area (Å²) in [5.74, 6) is -1.25. The van der Waals surface area contributed by atoms with Crippen LogP contribution in [0.4, 0.5) is 0 Å². The molecule has 0 aromatic heterocycles. The Hall–Kier alpha value is -1.10. The first-order valence-corrected chi connectivity index (χ1v) is 6.62. The first-order valence-electron chi connectivity index (χ1n) is 6.25. The summed E-state index contributed by atoms with van der Waals surface area (Å²) in [5, 5.41) is 9.89. The van der Waals surface area contributed by atoms with Gasteiger partial charge in [0.25, 0.3) is 0 Å². The summed E-state index contributed by atoms with van der Waals surface area (Å²) in [6, 6.07) is 5.84. The number of nitrogens with zero attached hydrogens (tertiary/aromatic N) is 1. The maximum atomic E-state index is 11.1. The molecule has 0 bridgehead atoms. The van der Waals surface area contributed by atoms with E-state index in [2.05, 4.69) is 0 Å². The molecule has 1 N–H and O–H groups in total. The molecular weight excluding hydrogens is 266 g/mol. The molecule has 104 valence electrons. The third kappa shape index (κ3) is 3.26.